The Morgan fingerprint density at radius 2 is 2.30 bits per heavy atom. The van der Waals surface area contributed by atoms with E-state index >= 15 is 0 Å². The normalized spacial score (nSPS) is 26.7. The van der Waals surface area contributed by atoms with Gasteiger partial charge in [0.2, 0.25) is 0 Å². The Morgan fingerprint density at radius 3 is 3.05 bits per heavy atom. The number of rotatable bonds is 3. The molecule has 3 heterocycles. The largest absolute Gasteiger partial charge is 0.356 e. The van der Waals surface area contributed by atoms with Gasteiger partial charge in [0.25, 0.3) is 5.69 Å². The van der Waals surface area contributed by atoms with Crippen molar-refractivity contribution in [2.45, 2.75) is 31.7 Å². The second kappa shape index (κ2) is 5.75. The van der Waals surface area contributed by atoms with E-state index in [1.165, 1.54) is 31.5 Å². The van der Waals surface area contributed by atoms with Crippen LogP contribution in [0.3, 0.4) is 0 Å². The number of nitrogens with zero attached hydrogens (tertiary/aromatic N) is 3. The number of hydrogen-bond donors (Lipinski definition) is 1. The zero-order valence-electron chi connectivity index (χ0n) is 11.5. The van der Waals surface area contributed by atoms with E-state index in [9.17, 15) is 10.1 Å². The van der Waals surface area contributed by atoms with E-state index in [4.69, 9.17) is 0 Å². The molecular formula is C14H20N4O2. The maximum absolute atomic E-state index is 10.9. The molecule has 2 unspecified atom stereocenters. The summed E-state index contributed by atoms with van der Waals surface area (Å²) >= 11 is 0. The first-order chi connectivity index (χ1) is 9.74. The third kappa shape index (κ3) is 2.75. The molecule has 0 amide bonds. The molecule has 1 aromatic rings. The molecule has 108 valence electrons. The number of aromatic nitrogens is 1. The van der Waals surface area contributed by atoms with Gasteiger partial charge in [-0.2, -0.15) is 0 Å². The van der Waals surface area contributed by atoms with Crippen molar-refractivity contribution in [3.63, 3.8) is 0 Å². The summed E-state index contributed by atoms with van der Waals surface area (Å²) in [5.74, 6) is 1.37. The van der Waals surface area contributed by atoms with Crippen molar-refractivity contribution in [2.24, 2.45) is 5.92 Å². The lowest BCUT2D eigenvalue weighted by Crippen LogP contribution is -2.43. The van der Waals surface area contributed by atoms with Crippen molar-refractivity contribution in [3.8, 4) is 0 Å². The van der Waals surface area contributed by atoms with Gasteiger partial charge >= 0.3 is 0 Å². The Kier molecular flexibility index (Phi) is 3.82. The van der Waals surface area contributed by atoms with Crippen LogP contribution < -0.4 is 10.2 Å². The van der Waals surface area contributed by atoms with Gasteiger partial charge in [-0.1, -0.05) is 0 Å². The van der Waals surface area contributed by atoms with E-state index in [1.807, 2.05) is 0 Å². The van der Waals surface area contributed by atoms with Crippen LogP contribution in [0.25, 0.3) is 0 Å². The van der Waals surface area contributed by atoms with E-state index in [0.717, 1.165) is 31.9 Å². The van der Waals surface area contributed by atoms with Crippen LogP contribution in [0.1, 0.15) is 25.7 Å². The van der Waals surface area contributed by atoms with E-state index in [-0.39, 0.29) is 10.6 Å². The Hall–Kier alpha value is -1.69. The van der Waals surface area contributed by atoms with Gasteiger partial charge in [0.05, 0.1) is 11.0 Å². The first-order valence-corrected chi connectivity index (χ1v) is 7.33. The zero-order chi connectivity index (χ0) is 13.9. The quantitative estimate of drug-likeness (QED) is 0.675. The average molecular weight is 276 g/mol. The highest BCUT2D eigenvalue weighted by atomic mass is 16.6. The smallest absolute Gasteiger partial charge is 0.274 e. The topological polar surface area (TPSA) is 71.3 Å². The molecule has 1 aromatic heterocycles. The SMILES string of the molecule is O=[N+]([O-])c1ccnc(N2CCCC(C3CCCN3)C2)c1. The van der Waals surface area contributed by atoms with Gasteiger partial charge in [-0.3, -0.25) is 10.1 Å². The molecule has 6 nitrogen and oxygen atoms in total. The van der Waals surface area contributed by atoms with E-state index in [2.05, 4.69) is 15.2 Å². The molecular weight excluding hydrogens is 256 g/mol. The zero-order valence-corrected chi connectivity index (χ0v) is 11.5. The van der Waals surface area contributed by atoms with Gasteiger partial charge in [-0.05, 0) is 38.1 Å². The van der Waals surface area contributed by atoms with Crippen molar-refractivity contribution < 1.29 is 4.92 Å². The van der Waals surface area contributed by atoms with Crippen LogP contribution in [-0.4, -0.2) is 35.6 Å². The lowest BCUT2D eigenvalue weighted by molar-refractivity contribution is -0.384. The Balaban J connectivity index is 1.72. The summed E-state index contributed by atoms with van der Waals surface area (Å²) in [5, 5.41) is 14.4. The molecule has 2 aliphatic rings. The fourth-order valence-electron chi connectivity index (χ4n) is 3.35. The fourth-order valence-corrected chi connectivity index (χ4v) is 3.35. The summed E-state index contributed by atoms with van der Waals surface area (Å²) < 4.78 is 0. The molecule has 0 bridgehead atoms. The highest BCUT2D eigenvalue weighted by Gasteiger charge is 2.29. The van der Waals surface area contributed by atoms with Gasteiger partial charge in [0.15, 0.2) is 0 Å². The van der Waals surface area contributed by atoms with Crippen molar-refractivity contribution in [2.75, 3.05) is 24.5 Å². The molecule has 0 saturated carbocycles. The molecule has 2 aliphatic heterocycles. The molecule has 6 heteroatoms. The number of anilines is 1. The van der Waals surface area contributed by atoms with Gasteiger partial charge in [-0.25, -0.2) is 4.98 Å². The molecule has 0 aliphatic carbocycles. The highest BCUT2D eigenvalue weighted by molar-refractivity contribution is 5.47. The molecule has 0 spiro atoms. The molecule has 0 radical (unpaired) electrons. The Bertz CT molecular complexity index is 488. The van der Waals surface area contributed by atoms with Crippen molar-refractivity contribution in [3.05, 3.63) is 28.4 Å². The summed E-state index contributed by atoms with van der Waals surface area (Å²) in [4.78, 5) is 17.0. The number of hydrogen-bond acceptors (Lipinski definition) is 5. The number of nitro groups is 1. The minimum absolute atomic E-state index is 0.121. The van der Waals surface area contributed by atoms with E-state index < -0.39 is 0 Å². The lowest BCUT2D eigenvalue weighted by Gasteiger charge is -2.36. The van der Waals surface area contributed by atoms with Crippen LogP contribution in [-0.2, 0) is 0 Å². The number of piperidine rings is 1. The first kappa shape index (κ1) is 13.3. The standard InChI is InChI=1S/C14H20N4O2/c19-18(20)12-5-7-16-14(9-12)17-8-2-3-11(10-17)13-4-1-6-15-13/h5,7,9,11,13,15H,1-4,6,8,10H2. The summed E-state index contributed by atoms with van der Waals surface area (Å²) in [6, 6.07) is 3.64. The molecule has 20 heavy (non-hydrogen) atoms. The van der Waals surface area contributed by atoms with Gasteiger partial charge in [-0.15, -0.1) is 0 Å². The minimum atomic E-state index is -0.356. The van der Waals surface area contributed by atoms with E-state index in [1.54, 1.807) is 6.07 Å². The number of pyridine rings is 1. The predicted octanol–water partition coefficient (Wildman–Crippen LogP) is 1.96. The van der Waals surface area contributed by atoms with Gasteiger partial charge < -0.3 is 10.2 Å². The molecule has 3 rings (SSSR count). The van der Waals surface area contributed by atoms with Crippen LogP contribution in [0.5, 0.6) is 0 Å². The summed E-state index contributed by atoms with van der Waals surface area (Å²) in [6.07, 6.45) is 6.41. The Labute approximate surface area is 118 Å². The maximum atomic E-state index is 10.9. The van der Waals surface area contributed by atoms with Crippen molar-refractivity contribution in [1.29, 1.82) is 0 Å². The average Bonchev–Trinajstić information content (AvgIpc) is 3.02. The lowest BCUT2D eigenvalue weighted by atomic mass is 9.90. The molecule has 2 fully saturated rings. The third-order valence-corrected chi connectivity index (χ3v) is 4.39. The van der Waals surface area contributed by atoms with Crippen molar-refractivity contribution in [1.82, 2.24) is 10.3 Å². The highest BCUT2D eigenvalue weighted by Crippen LogP contribution is 2.28. The fraction of sp³-hybridized carbons (Fsp3) is 0.643. The summed E-state index contributed by atoms with van der Waals surface area (Å²) in [5.41, 5.74) is 0.121. The molecule has 2 saturated heterocycles. The molecule has 0 aromatic carbocycles. The van der Waals surface area contributed by atoms with Gasteiger partial charge in [0.1, 0.15) is 5.82 Å². The predicted molar refractivity (Wildman–Crippen MR) is 76.9 cm³/mol. The van der Waals surface area contributed by atoms with Gasteiger partial charge in [0, 0.05) is 31.4 Å². The summed E-state index contributed by atoms with van der Waals surface area (Å²) in [7, 11) is 0. The monoisotopic (exact) mass is 276 g/mol. The molecule has 1 N–H and O–H groups in total. The van der Waals surface area contributed by atoms with Crippen LogP contribution in [0, 0.1) is 16.0 Å². The Morgan fingerprint density at radius 1 is 1.40 bits per heavy atom. The first-order valence-electron chi connectivity index (χ1n) is 7.33. The second-order valence-corrected chi connectivity index (χ2v) is 5.68. The third-order valence-electron chi connectivity index (χ3n) is 4.39. The van der Waals surface area contributed by atoms with E-state index in [0.29, 0.717) is 12.0 Å². The molecule has 2 atom stereocenters. The minimum Gasteiger partial charge on any atom is -0.356 e. The van der Waals surface area contributed by atoms with Crippen LogP contribution >= 0.6 is 0 Å². The number of nitrogens with one attached hydrogen (secondary N) is 1. The van der Waals surface area contributed by atoms with Crippen molar-refractivity contribution >= 4 is 11.5 Å². The second-order valence-electron chi connectivity index (χ2n) is 5.68. The van der Waals surface area contributed by atoms with Crippen LogP contribution in [0.15, 0.2) is 18.3 Å². The van der Waals surface area contributed by atoms with Crippen LogP contribution in [0.2, 0.25) is 0 Å². The maximum Gasteiger partial charge on any atom is 0.274 e. The van der Waals surface area contributed by atoms with Crippen LogP contribution in [0.4, 0.5) is 11.5 Å². The summed E-state index contributed by atoms with van der Waals surface area (Å²) in [6.45, 7) is 3.01.